The van der Waals surface area contributed by atoms with E-state index in [-0.39, 0.29) is 0 Å². The van der Waals surface area contributed by atoms with Crippen molar-refractivity contribution in [3.05, 3.63) is 11.6 Å². The molecule has 0 aliphatic carbocycles. The van der Waals surface area contributed by atoms with E-state index in [2.05, 4.69) is 19.2 Å². The summed E-state index contributed by atoms with van der Waals surface area (Å²) in [6.45, 7) is 8.85. The second kappa shape index (κ2) is 9.36. The van der Waals surface area contributed by atoms with E-state index in [1.54, 1.807) is 13.0 Å². The maximum absolute atomic E-state index is 10.5. The zero-order valence-electron chi connectivity index (χ0n) is 10.5. The van der Waals surface area contributed by atoms with Crippen LogP contribution < -0.4 is 5.32 Å². The Morgan fingerprint density at radius 3 is 2.75 bits per heavy atom. The molecule has 16 heavy (non-hydrogen) atoms. The summed E-state index contributed by atoms with van der Waals surface area (Å²) < 4.78 is 5.41. The second-order valence-electron chi connectivity index (χ2n) is 4.22. The van der Waals surface area contributed by atoms with Gasteiger partial charge in [0.1, 0.15) is 0 Å². The molecule has 0 aliphatic heterocycles. The van der Waals surface area contributed by atoms with Crippen LogP contribution in [0.15, 0.2) is 11.6 Å². The van der Waals surface area contributed by atoms with E-state index in [1.807, 2.05) is 0 Å². The average Bonchev–Trinajstić information content (AvgIpc) is 2.21. The summed E-state index contributed by atoms with van der Waals surface area (Å²) in [4.78, 5) is 10.5. The van der Waals surface area contributed by atoms with E-state index in [9.17, 15) is 4.79 Å². The molecule has 0 saturated heterocycles. The number of carboxylic acids is 1. The Hall–Kier alpha value is -0.870. The van der Waals surface area contributed by atoms with Crippen LogP contribution in [-0.2, 0) is 9.53 Å². The highest BCUT2D eigenvalue weighted by molar-refractivity contribution is 5.85. The smallest absolute Gasteiger partial charge is 0.330 e. The minimum atomic E-state index is -0.859. The molecule has 0 aromatic heterocycles. The molecule has 0 aliphatic rings. The van der Waals surface area contributed by atoms with E-state index in [1.165, 1.54) is 0 Å². The number of hydrogen-bond donors (Lipinski definition) is 2. The molecule has 2 N–H and O–H groups in total. The van der Waals surface area contributed by atoms with Crippen LogP contribution in [0.1, 0.15) is 27.2 Å². The van der Waals surface area contributed by atoms with Gasteiger partial charge in [0.25, 0.3) is 0 Å². The molecule has 0 rings (SSSR count). The van der Waals surface area contributed by atoms with E-state index in [0.717, 1.165) is 26.2 Å². The Kier molecular flexibility index (Phi) is 8.85. The van der Waals surface area contributed by atoms with Gasteiger partial charge in [0.15, 0.2) is 0 Å². The van der Waals surface area contributed by atoms with Crippen molar-refractivity contribution in [2.24, 2.45) is 5.92 Å². The summed E-state index contributed by atoms with van der Waals surface area (Å²) >= 11 is 0. The van der Waals surface area contributed by atoms with Crippen LogP contribution in [0, 0.1) is 5.92 Å². The molecule has 0 saturated carbocycles. The van der Waals surface area contributed by atoms with Crippen LogP contribution in [0.3, 0.4) is 0 Å². The van der Waals surface area contributed by atoms with Crippen LogP contribution in [0.2, 0.25) is 0 Å². The zero-order valence-corrected chi connectivity index (χ0v) is 10.5. The fourth-order valence-electron chi connectivity index (χ4n) is 1.03. The molecule has 0 amide bonds. The molecule has 0 aromatic carbocycles. The quantitative estimate of drug-likeness (QED) is 0.466. The molecular formula is C12H23NO3. The fraction of sp³-hybridized carbons (Fsp3) is 0.750. The first-order valence-corrected chi connectivity index (χ1v) is 5.72. The topological polar surface area (TPSA) is 58.6 Å². The van der Waals surface area contributed by atoms with Gasteiger partial charge >= 0.3 is 5.97 Å². The molecule has 4 nitrogen and oxygen atoms in total. The first-order chi connectivity index (χ1) is 7.54. The first-order valence-electron chi connectivity index (χ1n) is 5.72. The van der Waals surface area contributed by atoms with Crippen molar-refractivity contribution in [3.63, 3.8) is 0 Å². The number of hydrogen-bond acceptors (Lipinski definition) is 3. The largest absolute Gasteiger partial charge is 0.478 e. The van der Waals surface area contributed by atoms with Gasteiger partial charge < -0.3 is 15.2 Å². The lowest BCUT2D eigenvalue weighted by Gasteiger charge is -2.06. The van der Waals surface area contributed by atoms with Gasteiger partial charge in [-0.25, -0.2) is 4.79 Å². The summed E-state index contributed by atoms with van der Waals surface area (Å²) in [7, 11) is 0. The van der Waals surface area contributed by atoms with Crippen molar-refractivity contribution in [2.45, 2.75) is 27.2 Å². The second-order valence-corrected chi connectivity index (χ2v) is 4.22. The fourth-order valence-corrected chi connectivity index (χ4v) is 1.03. The number of carbonyl (C=O) groups is 1. The lowest BCUT2D eigenvalue weighted by Crippen LogP contribution is -2.18. The highest BCUT2D eigenvalue weighted by Crippen LogP contribution is 1.93. The van der Waals surface area contributed by atoms with Crippen molar-refractivity contribution in [3.8, 4) is 0 Å². The van der Waals surface area contributed by atoms with Crippen LogP contribution in [-0.4, -0.2) is 37.4 Å². The summed E-state index contributed by atoms with van der Waals surface area (Å²) in [5.41, 5.74) is 0.378. The van der Waals surface area contributed by atoms with Gasteiger partial charge in [0.05, 0.1) is 0 Å². The first kappa shape index (κ1) is 15.1. The molecular weight excluding hydrogens is 206 g/mol. The average molecular weight is 229 g/mol. The van der Waals surface area contributed by atoms with E-state index >= 15 is 0 Å². The van der Waals surface area contributed by atoms with Gasteiger partial charge in [0, 0.05) is 25.3 Å². The molecule has 0 bridgehead atoms. The van der Waals surface area contributed by atoms with Gasteiger partial charge in [-0.1, -0.05) is 19.9 Å². The number of aliphatic carboxylic acids is 1. The molecule has 94 valence electrons. The van der Waals surface area contributed by atoms with Crippen LogP contribution in [0.25, 0.3) is 0 Å². The van der Waals surface area contributed by atoms with E-state index in [4.69, 9.17) is 9.84 Å². The van der Waals surface area contributed by atoms with Gasteiger partial charge in [-0.2, -0.15) is 0 Å². The Bertz CT molecular complexity index is 224. The predicted molar refractivity (Wildman–Crippen MR) is 64.5 cm³/mol. The SMILES string of the molecule is C/C(=C/CNCCCOCC(C)C)C(=O)O. The Balaban J connectivity index is 3.28. The molecule has 0 spiro atoms. The third-order valence-corrected chi connectivity index (χ3v) is 1.98. The maximum Gasteiger partial charge on any atom is 0.330 e. The van der Waals surface area contributed by atoms with Gasteiger partial charge in [0.2, 0.25) is 0 Å². The summed E-state index contributed by atoms with van der Waals surface area (Å²) in [6, 6.07) is 0. The molecule has 0 aromatic rings. The van der Waals surface area contributed by atoms with Crippen LogP contribution >= 0.6 is 0 Å². The minimum absolute atomic E-state index is 0.378. The number of nitrogens with one attached hydrogen (secondary N) is 1. The number of ether oxygens (including phenoxy) is 1. The van der Waals surface area contributed by atoms with Gasteiger partial charge in [-0.3, -0.25) is 0 Å². The highest BCUT2D eigenvalue weighted by atomic mass is 16.5. The molecule has 0 radical (unpaired) electrons. The van der Waals surface area contributed by atoms with Crippen molar-refractivity contribution in [1.29, 1.82) is 0 Å². The number of carboxylic acid groups (broad SMARTS) is 1. The van der Waals surface area contributed by atoms with Gasteiger partial charge in [-0.05, 0) is 25.8 Å². The third-order valence-electron chi connectivity index (χ3n) is 1.98. The molecule has 0 atom stereocenters. The zero-order chi connectivity index (χ0) is 12.4. The normalized spacial score (nSPS) is 12.1. The monoisotopic (exact) mass is 229 g/mol. The van der Waals surface area contributed by atoms with Crippen LogP contribution in [0.4, 0.5) is 0 Å². The van der Waals surface area contributed by atoms with Crippen molar-refractivity contribution in [1.82, 2.24) is 5.32 Å². The number of rotatable bonds is 9. The predicted octanol–water partition coefficient (Wildman–Crippen LogP) is 1.67. The maximum atomic E-state index is 10.5. The lowest BCUT2D eigenvalue weighted by molar-refractivity contribution is -0.132. The molecule has 4 heteroatoms. The van der Waals surface area contributed by atoms with Crippen LogP contribution in [0.5, 0.6) is 0 Å². The molecule has 0 unspecified atom stereocenters. The van der Waals surface area contributed by atoms with E-state index < -0.39 is 5.97 Å². The summed E-state index contributed by atoms with van der Waals surface area (Å²) in [5, 5.41) is 11.7. The van der Waals surface area contributed by atoms with Crippen molar-refractivity contribution in [2.75, 3.05) is 26.3 Å². The Labute approximate surface area is 97.7 Å². The third kappa shape index (κ3) is 9.68. The van der Waals surface area contributed by atoms with Crippen molar-refractivity contribution >= 4 is 5.97 Å². The molecule has 0 fully saturated rings. The summed E-state index contributed by atoms with van der Waals surface area (Å²) in [6.07, 6.45) is 2.63. The Morgan fingerprint density at radius 2 is 2.19 bits per heavy atom. The minimum Gasteiger partial charge on any atom is -0.478 e. The standard InChI is InChI=1S/C12H23NO3/c1-10(2)9-16-8-4-6-13-7-5-11(3)12(14)15/h5,10,13H,4,6-9H2,1-3H3,(H,14,15)/b11-5-. The van der Waals surface area contributed by atoms with Crippen molar-refractivity contribution < 1.29 is 14.6 Å². The van der Waals surface area contributed by atoms with E-state index in [0.29, 0.717) is 18.0 Å². The summed E-state index contributed by atoms with van der Waals surface area (Å²) in [5.74, 6) is -0.281. The molecule has 0 heterocycles. The van der Waals surface area contributed by atoms with Gasteiger partial charge in [-0.15, -0.1) is 0 Å². The lowest BCUT2D eigenvalue weighted by atomic mass is 10.2. The highest BCUT2D eigenvalue weighted by Gasteiger charge is 1.97. The Morgan fingerprint density at radius 1 is 1.50 bits per heavy atom.